The number of halogens is 2. The van der Waals surface area contributed by atoms with E-state index < -0.39 is 17.8 Å². The van der Waals surface area contributed by atoms with Gasteiger partial charge < -0.3 is 15.8 Å². The van der Waals surface area contributed by atoms with Crippen LogP contribution in [0.5, 0.6) is 0 Å². The number of rotatable bonds is 4. The molecule has 29 heavy (non-hydrogen) atoms. The van der Waals surface area contributed by atoms with Crippen molar-refractivity contribution in [1.29, 1.82) is 0 Å². The number of nitrogens with two attached hydrogens (primary N) is 1. The van der Waals surface area contributed by atoms with Crippen LogP contribution in [0.2, 0.25) is 5.02 Å². The fourth-order valence-corrected chi connectivity index (χ4v) is 5.68. The summed E-state index contributed by atoms with van der Waals surface area (Å²) in [4.78, 5) is 22.0. The normalized spacial score (nSPS) is 30.1. The average Bonchev–Trinajstić information content (AvgIpc) is 3.18. The smallest absolute Gasteiger partial charge is 0.338 e. The summed E-state index contributed by atoms with van der Waals surface area (Å²) in [6, 6.07) is 3.37. The Morgan fingerprint density at radius 3 is 2.76 bits per heavy atom. The number of aromatic nitrogens is 1. The maximum Gasteiger partial charge on any atom is 0.338 e. The van der Waals surface area contributed by atoms with Gasteiger partial charge in [-0.2, -0.15) is 0 Å². The van der Waals surface area contributed by atoms with Gasteiger partial charge in [0.1, 0.15) is 11.9 Å². The number of hydrogen-bond donors (Lipinski definition) is 2. The van der Waals surface area contributed by atoms with Gasteiger partial charge in [-0.1, -0.05) is 17.7 Å². The number of allylic oxidation sites excluding steroid dienone is 1. The minimum Gasteiger partial charge on any atom is -0.466 e. The lowest BCUT2D eigenvalue weighted by Gasteiger charge is -2.70. The number of benzene rings is 1. The van der Waals surface area contributed by atoms with Crippen LogP contribution in [0.1, 0.15) is 35.9 Å². The topological polar surface area (TPSA) is 89.6 Å². The van der Waals surface area contributed by atoms with E-state index in [0.29, 0.717) is 22.0 Å². The Hall–Kier alpha value is -2.29. The minimum absolute atomic E-state index is 0.158. The van der Waals surface area contributed by atoms with Gasteiger partial charge in [0.2, 0.25) is 0 Å². The molecule has 1 aromatic heterocycles. The molecule has 2 heterocycles. The minimum atomic E-state index is -0.728. The Bertz CT molecular complexity index is 1060. The Kier molecular flexibility index (Phi) is 4.10. The summed E-state index contributed by atoms with van der Waals surface area (Å²) in [7, 11) is 1.34. The molecule has 3 N–H and O–H groups in total. The number of thiazole rings is 1. The summed E-state index contributed by atoms with van der Waals surface area (Å²) < 4.78 is 18.8. The second-order valence-electron chi connectivity index (χ2n) is 7.96. The van der Waals surface area contributed by atoms with Crippen molar-refractivity contribution < 1.29 is 13.9 Å². The predicted octanol–water partition coefficient (Wildman–Crippen LogP) is 3.34. The Morgan fingerprint density at radius 1 is 1.41 bits per heavy atom. The molecule has 0 radical (unpaired) electrons. The zero-order chi connectivity index (χ0) is 20.4. The van der Waals surface area contributed by atoms with E-state index in [9.17, 15) is 9.18 Å². The van der Waals surface area contributed by atoms with Crippen LogP contribution < -0.4 is 11.1 Å². The van der Waals surface area contributed by atoms with Crippen molar-refractivity contribution in [3.05, 3.63) is 62.5 Å². The molecule has 6 rings (SSSR count). The number of carbonyl (C=O) groups is 1. The molecule has 6 nitrogen and oxygen atoms in total. The lowest BCUT2D eigenvalue weighted by molar-refractivity contribution is -0.138. The largest absolute Gasteiger partial charge is 0.466 e. The first-order valence-electron chi connectivity index (χ1n) is 9.16. The lowest BCUT2D eigenvalue weighted by Crippen LogP contribution is -2.74. The van der Waals surface area contributed by atoms with Gasteiger partial charge in [0.05, 0.1) is 12.7 Å². The molecule has 9 heteroatoms. The highest BCUT2D eigenvalue weighted by molar-refractivity contribution is 7.11. The number of ether oxygens (including phenoxy) is 1. The van der Waals surface area contributed by atoms with Crippen LogP contribution in [-0.4, -0.2) is 29.4 Å². The highest BCUT2D eigenvalue weighted by Crippen LogP contribution is 2.70. The fraction of sp³-hybridized carbons (Fsp3) is 0.350. The average molecular weight is 433 g/mol. The summed E-state index contributed by atoms with van der Waals surface area (Å²) in [5.74, 6) is -0.385. The van der Waals surface area contributed by atoms with Crippen LogP contribution in [-0.2, 0) is 9.53 Å². The summed E-state index contributed by atoms with van der Waals surface area (Å²) in [5, 5.41) is 6.11. The van der Waals surface area contributed by atoms with Gasteiger partial charge in [0.25, 0.3) is 0 Å². The molecule has 0 amide bonds. The molecule has 1 aliphatic heterocycles. The summed E-state index contributed by atoms with van der Waals surface area (Å²) in [6.07, 6.45) is 4.06. The van der Waals surface area contributed by atoms with Gasteiger partial charge in [0.15, 0.2) is 10.8 Å². The van der Waals surface area contributed by atoms with Crippen molar-refractivity contribution in [2.45, 2.75) is 30.8 Å². The van der Waals surface area contributed by atoms with E-state index in [4.69, 9.17) is 27.1 Å². The number of hydrogen-bond acceptors (Lipinski definition) is 7. The van der Waals surface area contributed by atoms with Crippen molar-refractivity contribution in [1.82, 2.24) is 10.3 Å². The molecule has 3 aliphatic carbocycles. The maximum absolute atomic E-state index is 13.7. The predicted molar refractivity (Wildman–Crippen MR) is 108 cm³/mol. The molecule has 2 bridgehead atoms. The molecule has 1 aromatic carbocycles. The zero-order valence-corrected chi connectivity index (χ0v) is 17.1. The SMILES string of the molecule is COC(=O)C1=C(C23CC(N)(C2)C3)NC(c2nccs2)=NC1c1ccc(F)cc1Cl. The van der Waals surface area contributed by atoms with Crippen LogP contribution >= 0.6 is 22.9 Å². The van der Waals surface area contributed by atoms with Crippen LogP contribution in [0.3, 0.4) is 0 Å². The number of methoxy groups -OCH3 is 1. The zero-order valence-electron chi connectivity index (χ0n) is 15.5. The molecule has 4 aliphatic rings. The molecule has 1 atom stereocenters. The van der Waals surface area contributed by atoms with E-state index in [1.165, 1.54) is 30.6 Å². The first kappa shape index (κ1) is 18.7. The molecule has 0 saturated heterocycles. The van der Waals surface area contributed by atoms with E-state index in [0.717, 1.165) is 25.0 Å². The second kappa shape index (κ2) is 6.35. The monoisotopic (exact) mass is 432 g/mol. The van der Waals surface area contributed by atoms with Gasteiger partial charge in [-0.3, -0.25) is 4.99 Å². The van der Waals surface area contributed by atoms with E-state index in [-0.39, 0.29) is 16.0 Å². The first-order chi connectivity index (χ1) is 13.8. The number of esters is 1. The second-order valence-corrected chi connectivity index (χ2v) is 9.26. The van der Waals surface area contributed by atoms with E-state index in [2.05, 4.69) is 10.3 Å². The van der Waals surface area contributed by atoms with E-state index in [1.54, 1.807) is 12.3 Å². The number of carbonyl (C=O) groups excluding carboxylic acids is 1. The lowest BCUT2D eigenvalue weighted by atomic mass is 9.38. The van der Waals surface area contributed by atoms with E-state index >= 15 is 0 Å². The van der Waals surface area contributed by atoms with Gasteiger partial charge in [-0.05, 0) is 31.4 Å². The number of nitrogens with zero attached hydrogens (tertiary/aromatic N) is 2. The third kappa shape index (κ3) is 2.81. The maximum atomic E-state index is 13.7. The highest BCUT2D eigenvalue weighted by atomic mass is 35.5. The van der Waals surface area contributed by atoms with Crippen LogP contribution in [0.4, 0.5) is 4.39 Å². The van der Waals surface area contributed by atoms with Crippen LogP contribution in [0.25, 0.3) is 0 Å². The fourth-order valence-electron chi connectivity index (χ4n) is 4.82. The van der Waals surface area contributed by atoms with Crippen LogP contribution in [0.15, 0.2) is 46.0 Å². The number of amidine groups is 1. The molecule has 150 valence electrons. The standard InChI is InChI=1S/C20H18ClFN4O2S/c1-28-18(27)13-14(11-3-2-10(22)6-12(11)21)25-16(17-24-4-5-29-17)26-15(13)19-7-20(23,8-19)9-19/h2-6,14H,7-9,23H2,1H3,(H,25,26). The number of aliphatic imine (C=N–C) groups is 1. The van der Waals surface area contributed by atoms with Crippen molar-refractivity contribution in [2.24, 2.45) is 16.1 Å². The molecule has 3 saturated carbocycles. The van der Waals surface area contributed by atoms with Gasteiger partial charge in [0, 0.05) is 38.8 Å². The third-order valence-electron chi connectivity index (χ3n) is 5.94. The van der Waals surface area contributed by atoms with Crippen LogP contribution in [0, 0.1) is 11.2 Å². The third-order valence-corrected chi connectivity index (χ3v) is 7.05. The van der Waals surface area contributed by atoms with Gasteiger partial charge >= 0.3 is 5.97 Å². The molecular weight excluding hydrogens is 415 g/mol. The van der Waals surface area contributed by atoms with Gasteiger partial charge in [-0.25, -0.2) is 14.2 Å². The first-order valence-corrected chi connectivity index (χ1v) is 10.4. The number of nitrogens with one attached hydrogen (secondary N) is 1. The summed E-state index contributed by atoms with van der Waals surface area (Å²) in [5.41, 5.74) is 7.61. The van der Waals surface area contributed by atoms with Crippen molar-refractivity contribution in [3.8, 4) is 0 Å². The Balaban J connectivity index is 1.69. The molecule has 1 unspecified atom stereocenters. The van der Waals surface area contributed by atoms with Crippen molar-refractivity contribution in [2.75, 3.05) is 7.11 Å². The summed E-state index contributed by atoms with van der Waals surface area (Å²) >= 11 is 7.79. The highest BCUT2D eigenvalue weighted by Gasteiger charge is 2.68. The Labute approximate surface area is 175 Å². The van der Waals surface area contributed by atoms with Gasteiger partial charge in [-0.15, -0.1) is 11.3 Å². The quantitative estimate of drug-likeness (QED) is 0.723. The molecule has 2 aromatic rings. The summed E-state index contributed by atoms with van der Waals surface area (Å²) in [6.45, 7) is 0. The van der Waals surface area contributed by atoms with E-state index in [1.807, 2.05) is 5.38 Å². The molecule has 0 spiro atoms. The van der Waals surface area contributed by atoms with Crippen molar-refractivity contribution >= 4 is 34.7 Å². The molecule has 3 fully saturated rings. The Morgan fingerprint density at radius 2 is 2.17 bits per heavy atom. The molecular formula is C20H18ClFN4O2S. The van der Waals surface area contributed by atoms with Crippen molar-refractivity contribution in [3.63, 3.8) is 0 Å².